The van der Waals surface area contributed by atoms with Crippen molar-refractivity contribution in [1.29, 1.82) is 0 Å². The molecule has 1 aromatic carbocycles. The minimum atomic E-state index is -4.56. The van der Waals surface area contributed by atoms with E-state index in [1.807, 2.05) is 6.92 Å². The molecule has 1 rings (SSSR count). The molecule has 0 aliphatic rings. The van der Waals surface area contributed by atoms with Gasteiger partial charge in [0.15, 0.2) is 0 Å². The number of carbonyl (C=O) groups excluding carboxylic acids is 1. The highest BCUT2D eigenvalue weighted by atomic mass is 32.2. The maximum absolute atomic E-state index is 12.3. The van der Waals surface area contributed by atoms with E-state index in [-0.39, 0.29) is 12.3 Å². The molecule has 118 valence electrons. The molecule has 0 saturated heterocycles. The van der Waals surface area contributed by atoms with Crippen LogP contribution in [-0.2, 0) is 14.6 Å². The Morgan fingerprint density at radius 3 is 2.33 bits per heavy atom. The van der Waals surface area contributed by atoms with E-state index in [1.165, 1.54) is 12.1 Å². The van der Waals surface area contributed by atoms with E-state index in [0.29, 0.717) is 18.8 Å². The lowest BCUT2D eigenvalue weighted by Crippen LogP contribution is -2.25. The highest BCUT2D eigenvalue weighted by Crippen LogP contribution is 2.20. The lowest BCUT2D eigenvalue weighted by molar-refractivity contribution is -0.120. The van der Waals surface area contributed by atoms with Crippen LogP contribution in [0.3, 0.4) is 0 Å². The SMILES string of the molecule is CCCNC(=O)CCNc1ccc(S(=O)(=O)C(F)F)cc1. The summed E-state index contributed by atoms with van der Waals surface area (Å²) in [7, 11) is -4.56. The monoisotopic (exact) mass is 320 g/mol. The molecular formula is C13H18F2N2O3S. The molecule has 1 aromatic rings. The van der Waals surface area contributed by atoms with Crippen LogP contribution in [0.4, 0.5) is 14.5 Å². The number of amides is 1. The Hall–Kier alpha value is -1.70. The number of sulfone groups is 1. The third-order valence-electron chi connectivity index (χ3n) is 2.67. The fourth-order valence-corrected chi connectivity index (χ4v) is 2.26. The maximum Gasteiger partial charge on any atom is 0.341 e. The zero-order valence-corrected chi connectivity index (χ0v) is 12.4. The number of hydrogen-bond acceptors (Lipinski definition) is 4. The van der Waals surface area contributed by atoms with E-state index < -0.39 is 20.5 Å². The predicted octanol–water partition coefficient (Wildman–Crippen LogP) is 2.01. The van der Waals surface area contributed by atoms with Crippen LogP contribution in [0.2, 0.25) is 0 Å². The van der Waals surface area contributed by atoms with Crippen LogP contribution in [0, 0.1) is 0 Å². The quantitative estimate of drug-likeness (QED) is 0.768. The highest BCUT2D eigenvalue weighted by molar-refractivity contribution is 7.91. The normalized spacial score (nSPS) is 11.4. The van der Waals surface area contributed by atoms with E-state index in [1.54, 1.807) is 0 Å². The molecule has 1 amide bonds. The Balaban J connectivity index is 2.51. The first-order valence-corrected chi connectivity index (χ1v) is 8.05. The van der Waals surface area contributed by atoms with Crippen LogP contribution < -0.4 is 10.6 Å². The van der Waals surface area contributed by atoms with Gasteiger partial charge in [0.05, 0.1) is 4.90 Å². The van der Waals surface area contributed by atoms with E-state index in [2.05, 4.69) is 10.6 Å². The second-order valence-electron chi connectivity index (χ2n) is 4.36. The maximum atomic E-state index is 12.3. The van der Waals surface area contributed by atoms with E-state index in [0.717, 1.165) is 18.6 Å². The second kappa shape index (κ2) is 7.92. The molecular weight excluding hydrogens is 302 g/mol. The third-order valence-corrected chi connectivity index (χ3v) is 4.07. The number of carbonyl (C=O) groups is 1. The van der Waals surface area contributed by atoms with Crippen molar-refractivity contribution in [3.8, 4) is 0 Å². The van der Waals surface area contributed by atoms with Gasteiger partial charge in [0.2, 0.25) is 15.7 Å². The van der Waals surface area contributed by atoms with Gasteiger partial charge < -0.3 is 10.6 Å². The molecule has 0 unspecified atom stereocenters. The average molecular weight is 320 g/mol. The van der Waals surface area contributed by atoms with Crippen LogP contribution in [0.1, 0.15) is 19.8 Å². The highest BCUT2D eigenvalue weighted by Gasteiger charge is 2.26. The number of nitrogens with one attached hydrogen (secondary N) is 2. The predicted molar refractivity (Wildman–Crippen MR) is 76.0 cm³/mol. The second-order valence-corrected chi connectivity index (χ2v) is 6.27. The zero-order valence-electron chi connectivity index (χ0n) is 11.6. The summed E-state index contributed by atoms with van der Waals surface area (Å²) in [5.74, 6) is -3.51. The van der Waals surface area contributed by atoms with Crippen LogP contribution in [0.25, 0.3) is 0 Å². The molecule has 5 nitrogen and oxygen atoms in total. The van der Waals surface area contributed by atoms with Gasteiger partial charge in [-0.15, -0.1) is 0 Å². The van der Waals surface area contributed by atoms with Crippen LogP contribution in [0.15, 0.2) is 29.2 Å². The van der Waals surface area contributed by atoms with Gasteiger partial charge in [-0.1, -0.05) is 6.92 Å². The Labute approximate surface area is 122 Å². The molecule has 21 heavy (non-hydrogen) atoms. The minimum absolute atomic E-state index is 0.0822. The van der Waals surface area contributed by atoms with Crippen molar-refractivity contribution >= 4 is 21.4 Å². The fourth-order valence-electron chi connectivity index (χ4n) is 1.54. The van der Waals surface area contributed by atoms with Gasteiger partial charge in [-0.05, 0) is 30.7 Å². The van der Waals surface area contributed by atoms with Crippen LogP contribution >= 0.6 is 0 Å². The average Bonchev–Trinajstić information content (AvgIpc) is 2.45. The van der Waals surface area contributed by atoms with Crippen molar-refractivity contribution in [3.63, 3.8) is 0 Å². The van der Waals surface area contributed by atoms with E-state index >= 15 is 0 Å². The zero-order chi connectivity index (χ0) is 15.9. The molecule has 0 aliphatic heterocycles. The lowest BCUT2D eigenvalue weighted by Gasteiger charge is -2.08. The molecule has 0 bridgehead atoms. The minimum Gasteiger partial charge on any atom is -0.385 e. The van der Waals surface area contributed by atoms with Crippen molar-refractivity contribution < 1.29 is 22.0 Å². The first-order chi connectivity index (χ1) is 9.87. The number of benzene rings is 1. The molecule has 0 aromatic heterocycles. The summed E-state index contributed by atoms with van der Waals surface area (Å²) in [4.78, 5) is 10.9. The van der Waals surface area contributed by atoms with Crippen molar-refractivity contribution in [2.24, 2.45) is 0 Å². The van der Waals surface area contributed by atoms with Crippen molar-refractivity contribution in [1.82, 2.24) is 5.32 Å². The molecule has 0 spiro atoms. The number of halogens is 2. The van der Waals surface area contributed by atoms with Gasteiger partial charge in [0.25, 0.3) is 0 Å². The lowest BCUT2D eigenvalue weighted by atomic mass is 10.3. The topological polar surface area (TPSA) is 75.3 Å². The van der Waals surface area contributed by atoms with Gasteiger partial charge >= 0.3 is 5.76 Å². The number of rotatable bonds is 8. The summed E-state index contributed by atoms with van der Waals surface area (Å²) in [6, 6.07) is 5.00. The molecule has 8 heteroatoms. The number of anilines is 1. The van der Waals surface area contributed by atoms with Gasteiger partial charge in [-0.25, -0.2) is 8.42 Å². The molecule has 0 saturated carbocycles. The summed E-state index contributed by atoms with van der Waals surface area (Å²) in [6.07, 6.45) is 1.14. The Kier molecular flexibility index (Phi) is 6.54. The smallest absolute Gasteiger partial charge is 0.341 e. The fraction of sp³-hybridized carbons (Fsp3) is 0.462. The van der Waals surface area contributed by atoms with Crippen molar-refractivity contribution in [3.05, 3.63) is 24.3 Å². The van der Waals surface area contributed by atoms with Gasteiger partial charge in [0, 0.05) is 25.2 Å². The number of alkyl halides is 2. The summed E-state index contributed by atoms with van der Waals surface area (Å²) in [5.41, 5.74) is 0.562. The Bertz CT molecular complexity index is 559. The molecule has 2 N–H and O–H groups in total. The summed E-state index contributed by atoms with van der Waals surface area (Å²) in [5, 5.41) is 5.64. The van der Waals surface area contributed by atoms with Crippen LogP contribution in [-0.4, -0.2) is 33.2 Å². The summed E-state index contributed by atoms with van der Waals surface area (Å²) in [6.45, 7) is 2.95. The first kappa shape index (κ1) is 17.4. The molecule has 0 atom stereocenters. The molecule has 0 aliphatic carbocycles. The van der Waals surface area contributed by atoms with Crippen LogP contribution in [0.5, 0.6) is 0 Å². The third kappa shape index (κ3) is 5.30. The van der Waals surface area contributed by atoms with Gasteiger partial charge in [-0.2, -0.15) is 8.78 Å². The van der Waals surface area contributed by atoms with Gasteiger partial charge in [-0.3, -0.25) is 4.79 Å². The first-order valence-electron chi connectivity index (χ1n) is 6.50. The van der Waals surface area contributed by atoms with E-state index in [9.17, 15) is 22.0 Å². The van der Waals surface area contributed by atoms with Gasteiger partial charge in [0.1, 0.15) is 0 Å². The van der Waals surface area contributed by atoms with E-state index in [4.69, 9.17) is 0 Å². The standard InChI is InChI=1S/C13H18F2N2O3S/c1-2-8-17-12(18)7-9-16-10-3-5-11(6-4-10)21(19,20)13(14)15/h3-6,13,16H,2,7-9H2,1H3,(H,17,18). The Morgan fingerprint density at radius 1 is 1.19 bits per heavy atom. The van der Waals surface area contributed by atoms with Crippen molar-refractivity contribution in [2.75, 3.05) is 18.4 Å². The summed E-state index contributed by atoms with van der Waals surface area (Å²) < 4.78 is 47.1. The Morgan fingerprint density at radius 2 is 1.81 bits per heavy atom. The molecule has 0 radical (unpaired) electrons. The largest absolute Gasteiger partial charge is 0.385 e. The summed E-state index contributed by atoms with van der Waals surface area (Å²) >= 11 is 0. The van der Waals surface area contributed by atoms with Crippen molar-refractivity contribution in [2.45, 2.75) is 30.4 Å². The molecule has 0 heterocycles. The molecule has 0 fully saturated rings. The number of hydrogen-bond donors (Lipinski definition) is 2.